The predicted octanol–water partition coefficient (Wildman–Crippen LogP) is 2.77. The van der Waals surface area contributed by atoms with Crippen LogP contribution in [0, 0.1) is 5.92 Å². The fraction of sp³-hybridized carbons (Fsp3) is 1.00. The van der Waals surface area contributed by atoms with Crippen molar-refractivity contribution in [3.63, 3.8) is 0 Å². The van der Waals surface area contributed by atoms with Crippen molar-refractivity contribution in [1.82, 2.24) is 4.90 Å². The summed E-state index contributed by atoms with van der Waals surface area (Å²) < 4.78 is 0. The molecule has 2 fully saturated rings. The Morgan fingerprint density at radius 1 is 0.938 bits per heavy atom. The first-order chi connectivity index (χ1) is 7.68. The molecule has 0 radical (unpaired) electrons. The Morgan fingerprint density at radius 3 is 2.19 bits per heavy atom. The third kappa shape index (κ3) is 2.78. The smallest absolute Gasteiger partial charge is 0.00793 e. The monoisotopic (exact) mass is 224 g/mol. The molecular weight excluding hydrogens is 196 g/mol. The van der Waals surface area contributed by atoms with Gasteiger partial charge in [-0.2, -0.15) is 0 Å². The Bertz CT molecular complexity index is 207. The number of piperidine rings is 1. The second-order valence-corrected chi connectivity index (χ2v) is 6.03. The van der Waals surface area contributed by atoms with Crippen LogP contribution in [0.25, 0.3) is 0 Å². The van der Waals surface area contributed by atoms with Gasteiger partial charge in [0.1, 0.15) is 0 Å². The zero-order chi connectivity index (χ0) is 11.5. The first-order valence-electron chi connectivity index (χ1n) is 7.20. The van der Waals surface area contributed by atoms with Crippen LogP contribution in [0.15, 0.2) is 0 Å². The van der Waals surface area contributed by atoms with Gasteiger partial charge in [0.15, 0.2) is 0 Å². The molecule has 16 heavy (non-hydrogen) atoms. The van der Waals surface area contributed by atoms with Gasteiger partial charge >= 0.3 is 0 Å². The van der Waals surface area contributed by atoms with E-state index in [1.54, 1.807) is 0 Å². The highest BCUT2D eigenvalue weighted by atomic mass is 15.2. The summed E-state index contributed by atoms with van der Waals surface area (Å²) in [6.07, 6.45) is 9.53. The molecule has 2 aliphatic rings. The Kier molecular flexibility index (Phi) is 4.26. The quantitative estimate of drug-likeness (QED) is 0.781. The molecular formula is C14H28N2. The third-order valence-corrected chi connectivity index (χ3v) is 4.79. The molecule has 4 atom stereocenters. The molecule has 0 aromatic rings. The summed E-state index contributed by atoms with van der Waals surface area (Å²) >= 11 is 0. The van der Waals surface area contributed by atoms with E-state index < -0.39 is 0 Å². The fourth-order valence-electron chi connectivity index (χ4n) is 3.57. The number of nitrogens with two attached hydrogens (primary N) is 1. The molecule has 0 aromatic heterocycles. The SMILES string of the molecule is CC1CCCC(C)N1CC1CCCCC1N. The first-order valence-corrected chi connectivity index (χ1v) is 7.20. The lowest BCUT2D eigenvalue weighted by Crippen LogP contribution is -2.49. The largest absolute Gasteiger partial charge is 0.327 e. The van der Waals surface area contributed by atoms with E-state index in [-0.39, 0.29) is 0 Å². The maximum atomic E-state index is 6.26. The van der Waals surface area contributed by atoms with Gasteiger partial charge in [0, 0.05) is 24.7 Å². The van der Waals surface area contributed by atoms with Gasteiger partial charge in [-0.1, -0.05) is 19.3 Å². The van der Waals surface area contributed by atoms with E-state index in [0.29, 0.717) is 6.04 Å². The molecule has 0 amide bonds. The minimum absolute atomic E-state index is 0.468. The summed E-state index contributed by atoms with van der Waals surface area (Å²) in [5.74, 6) is 0.761. The van der Waals surface area contributed by atoms with Crippen LogP contribution in [0.5, 0.6) is 0 Å². The molecule has 2 rings (SSSR count). The number of rotatable bonds is 2. The van der Waals surface area contributed by atoms with Gasteiger partial charge in [0.25, 0.3) is 0 Å². The molecule has 4 unspecified atom stereocenters. The standard InChI is InChI=1S/C14H28N2/c1-11-6-5-7-12(2)16(11)10-13-8-3-4-9-14(13)15/h11-14H,3-10,15H2,1-2H3. The van der Waals surface area contributed by atoms with E-state index in [4.69, 9.17) is 5.73 Å². The van der Waals surface area contributed by atoms with E-state index in [2.05, 4.69) is 18.7 Å². The molecule has 1 saturated carbocycles. The highest BCUT2D eigenvalue weighted by Crippen LogP contribution is 2.28. The van der Waals surface area contributed by atoms with Crippen molar-refractivity contribution < 1.29 is 0 Å². The lowest BCUT2D eigenvalue weighted by atomic mass is 9.83. The molecule has 0 spiro atoms. The normalized spacial score (nSPS) is 42.2. The maximum absolute atomic E-state index is 6.26. The molecule has 94 valence electrons. The minimum atomic E-state index is 0.468. The number of nitrogens with zero attached hydrogens (tertiary/aromatic N) is 1. The van der Waals surface area contributed by atoms with Crippen molar-refractivity contribution in [2.24, 2.45) is 11.7 Å². The summed E-state index contributed by atoms with van der Waals surface area (Å²) in [4.78, 5) is 2.72. The van der Waals surface area contributed by atoms with Crippen molar-refractivity contribution in [3.05, 3.63) is 0 Å². The highest BCUT2D eigenvalue weighted by Gasteiger charge is 2.30. The Hall–Kier alpha value is -0.0800. The van der Waals surface area contributed by atoms with Crippen LogP contribution in [0.4, 0.5) is 0 Å². The van der Waals surface area contributed by atoms with Gasteiger partial charge in [-0.3, -0.25) is 4.90 Å². The zero-order valence-electron chi connectivity index (χ0n) is 11.0. The van der Waals surface area contributed by atoms with Crippen molar-refractivity contribution in [1.29, 1.82) is 0 Å². The zero-order valence-corrected chi connectivity index (χ0v) is 11.0. The average molecular weight is 224 g/mol. The number of hydrogen-bond acceptors (Lipinski definition) is 2. The van der Waals surface area contributed by atoms with Gasteiger partial charge < -0.3 is 5.73 Å². The molecule has 2 heteroatoms. The Balaban J connectivity index is 1.90. The van der Waals surface area contributed by atoms with Crippen LogP contribution in [0.3, 0.4) is 0 Å². The molecule has 1 aliphatic carbocycles. The fourth-order valence-corrected chi connectivity index (χ4v) is 3.57. The van der Waals surface area contributed by atoms with Gasteiger partial charge in [-0.05, 0) is 45.4 Å². The maximum Gasteiger partial charge on any atom is 0.00793 e. The summed E-state index contributed by atoms with van der Waals surface area (Å²) in [6.45, 7) is 6.04. The second-order valence-electron chi connectivity index (χ2n) is 6.03. The molecule has 0 bridgehead atoms. The van der Waals surface area contributed by atoms with Crippen LogP contribution >= 0.6 is 0 Å². The molecule has 1 saturated heterocycles. The average Bonchev–Trinajstić information content (AvgIpc) is 2.26. The molecule has 2 N–H and O–H groups in total. The molecule has 1 heterocycles. The Morgan fingerprint density at radius 2 is 1.56 bits per heavy atom. The van der Waals surface area contributed by atoms with Crippen molar-refractivity contribution in [3.8, 4) is 0 Å². The van der Waals surface area contributed by atoms with Crippen molar-refractivity contribution in [2.75, 3.05) is 6.54 Å². The molecule has 2 nitrogen and oxygen atoms in total. The lowest BCUT2D eigenvalue weighted by molar-refractivity contribution is 0.0703. The lowest BCUT2D eigenvalue weighted by Gasteiger charge is -2.43. The van der Waals surface area contributed by atoms with Crippen molar-refractivity contribution >= 4 is 0 Å². The van der Waals surface area contributed by atoms with Crippen LogP contribution in [-0.2, 0) is 0 Å². The molecule has 0 aromatic carbocycles. The minimum Gasteiger partial charge on any atom is -0.327 e. The van der Waals surface area contributed by atoms with E-state index in [0.717, 1.165) is 18.0 Å². The summed E-state index contributed by atoms with van der Waals surface area (Å²) in [5, 5.41) is 0. The van der Waals surface area contributed by atoms with Gasteiger partial charge in [-0.25, -0.2) is 0 Å². The Labute approximate surface area is 101 Å². The van der Waals surface area contributed by atoms with E-state index in [9.17, 15) is 0 Å². The van der Waals surface area contributed by atoms with Crippen LogP contribution < -0.4 is 5.73 Å². The second kappa shape index (κ2) is 5.50. The number of hydrogen-bond donors (Lipinski definition) is 1. The summed E-state index contributed by atoms with van der Waals surface area (Å²) in [6, 6.07) is 2.02. The topological polar surface area (TPSA) is 29.3 Å². The van der Waals surface area contributed by atoms with Crippen LogP contribution in [-0.4, -0.2) is 29.6 Å². The van der Waals surface area contributed by atoms with Gasteiger partial charge in [0.05, 0.1) is 0 Å². The number of likely N-dealkylation sites (tertiary alicyclic amines) is 1. The highest BCUT2D eigenvalue weighted by molar-refractivity contribution is 4.86. The summed E-state index contributed by atoms with van der Waals surface area (Å²) in [7, 11) is 0. The van der Waals surface area contributed by atoms with E-state index in [1.165, 1.54) is 51.5 Å². The molecule has 1 aliphatic heterocycles. The van der Waals surface area contributed by atoms with Gasteiger partial charge in [0.2, 0.25) is 0 Å². The third-order valence-electron chi connectivity index (χ3n) is 4.79. The van der Waals surface area contributed by atoms with Gasteiger partial charge in [-0.15, -0.1) is 0 Å². The van der Waals surface area contributed by atoms with E-state index >= 15 is 0 Å². The summed E-state index contributed by atoms with van der Waals surface area (Å²) in [5.41, 5.74) is 6.26. The van der Waals surface area contributed by atoms with Crippen molar-refractivity contribution in [2.45, 2.75) is 76.9 Å². The van der Waals surface area contributed by atoms with E-state index in [1.807, 2.05) is 0 Å². The van der Waals surface area contributed by atoms with Crippen LogP contribution in [0.2, 0.25) is 0 Å². The first kappa shape index (κ1) is 12.4. The predicted molar refractivity (Wildman–Crippen MR) is 69.4 cm³/mol. The van der Waals surface area contributed by atoms with Crippen LogP contribution in [0.1, 0.15) is 58.8 Å².